The number of nitrogens with zero attached hydrogens (tertiary/aromatic N) is 2. The lowest BCUT2D eigenvalue weighted by Crippen LogP contribution is -2.43. The predicted molar refractivity (Wildman–Crippen MR) is 90.4 cm³/mol. The average Bonchev–Trinajstić information content (AvgIpc) is 2.59. The maximum atomic E-state index is 13.0. The number of rotatable bonds is 6. The molecule has 1 amide bonds. The summed E-state index contributed by atoms with van der Waals surface area (Å²) in [6, 6.07) is 4.85. The van der Waals surface area contributed by atoms with E-state index in [9.17, 15) is 17.6 Å². The van der Waals surface area contributed by atoms with Crippen molar-refractivity contribution in [2.24, 2.45) is 5.92 Å². The van der Waals surface area contributed by atoms with Gasteiger partial charge >= 0.3 is 0 Å². The van der Waals surface area contributed by atoms with Crippen molar-refractivity contribution >= 4 is 15.9 Å². The number of carbonyl (C=O) groups excluding carboxylic acids is 1. The molecule has 0 radical (unpaired) electrons. The van der Waals surface area contributed by atoms with Crippen LogP contribution in [-0.4, -0.2) is 50.2 Å². The van der Waals surface area contributed by atoms with Crippen LogP contribution in [-0.2, 0) is 14.8 Å². The Morgan fingerprint density at radius 1 is 1.25 bits per heavy atom. The number of unbranched alkanes of at least 4 members (excludes halogenated alkanes) is 1. The molecule has 1 aliphatic rings. The van der Waals surface area contributed by atoms with Crippen molar-refractivity contribution in [3.8, 4) is 0 Å². The van der Waals surface area contributed by atoms with E-state index < -0.39 is 15.8 Å². The van der Waals surface area contributed by atoms with E-state index in [-0.39, 0.29) is 16.7 Å². The number of carbonyl (C=O) groups is 1. The van der Waals surface area contributed by atoms with Crippen LogP contribution in [0.3, 0.4) is 0 Å². The number of hydrogen-bond acceptors (Lipinski definition) is 3. The van der Waals surface area contributed by atoms with E-state index in [1.165, 1.54) is 16.4 Å². The molecule has 2 rings (SSSR count). The summed E-state index contributed by atoms with van der Waals surface area (Å²) in [7, 11) is -1.82. The van der Waals surface area contributed by atoms with Crippen LogP contribution < -0.4 is 0 Å². The van der Waals surface area contributed by atoms with Crippen molar-refractivity contribution < 1.29 is 17.6 Å². The highest BCUT2D eigenvalue weighted by Crippen LogP contribution is 2.25. The van der Waals surface area contributed by atoms with E-state index in [0.29, 0.717) is 25.9 Å². The SMILES string of the molecule is CCCCN(C)C(=O)C1CCN(S(=O)(=O)c2ccc(F)cc2)CC1. The molecule has 0 bridgehead atoms. The van der Waals surface area contributed by atoms with Crippen molar-refractivity contribution in [2.75, 3.05) is 26.7 Å². The molecule has 1 fully saturated rings. The zero-order chi connectivity index (χ0) is 17.7. The first kappa shape index (κ1) is 18.9. The second-order valence-corrected chi connectivity index (χ2v) is 8.18. The van der Waals surface area contributed by atoms with Gasteiger partial charge in [-0.25, -0.2) is 12.8 Å². The topological polar surface area (TPSA) is 57.7 Å². The Balaban J connectivity index is 1.97. The lowest BCUT2D eigenvalue weighted by Gasteiger charge is -2.32. The summed E-state index contributed by atoms with van der Waals surface area (Å²) in [4.78, 5) is 14.2. The highest BCUT2D eigenvalue weighted by molar-refractivity contribution is 7.89. The van der Waals surface area contributed by atoms with E-state index in [2.05, 4.69) is 6.92 Å². The van der Waals surface area contributed by atoms with Crippen LogP contribution in [0.2, 0.25) is 0 Å². The van der Waals surface area contributed by atoms with Crippen LogP contribution in [0.1, 0.15) is 32.6 Å². The summed E-state index contributed by atoms with van der Waals surface area (Å²) in [5.41, 5.74) is 0. The van der Waals surface area contributed by atoms with Crippen LogP contribution in [0.5, 0.6) is 0 Å². The van der Waals surface area contributed by atoms with E-state index in [1.807, 2.05) is 0 Å². The van der Waals surface area contributed by atoms with Gasteiger partial charge in [-0.15, -0.1) is 0 Å². The molecule has 7 heteroatoms. The van der Waals surface area contributed by atoms with Crippen molar-refractivity contribution in [3.05, 3.63) is 30.1 Å². The fraction of sp³-hybridized carbons (Fsp3) is 0.588. The van der Waals surface area contributed by atoms with Gasteiger partial charge in [0.1, 0.15) is 5.82 Å². The van der Waals surface area contributed by atoms with Crippen molar-refractivity contribution in [3.63, 3.8) is 0 Å². The largest absolute Gasteiger partial charge is 0.346 e. The first-order chi connectivity index (χ1) is 11.4. The predicted octanol–water partition coefficient (Wildman–Crippen LogP) is 2.48. The number of piperidine rings is 1. The van der Waals surface area contributed by atoms with Gasteiger partial charge in [0, 0.05) is 32.6 Å². The van der Waals surface area contributed by atoms with Gasteiger partial charge in [-0.1, -0.05) is 13.3 Å². The summed E-state index contributed by atoms with van der Waals surface area (Å²) in [5, 5.41) is 0. The monoisotopic (exact) mass is 356 g/mol. The maximum absolute atomic E-state index is 13.0. The minimum atomic E-state index is -3.62. The van der Waals surface area contributed by atoms with E-state index in [0.717, 1.165) is 31.5 Å². The van der Waals surface area contributed by atoms with Crippen LogP contribution in [0.4, 0.5) is 4.39 Å². The molecule has 1 aliphatic heterocycles. The molecule has 0 N–H and O–H groups in total. The molecule has 5 nitrogen and oxygen atoms in total. The normalized spacial score (nSPS) is 17.0. The van der Waals surface area contributed by atoms with Gasteiger partial charge in [-0.3, -0.25) is 4.79 Å². The lowest BCUT2D eigenvalue weighted by molar-refractivity contribution is -0.135. The number of benzene rings is 1. The Morgan fingerprint density at radius 3 is 2.38 bits per heavy atom. The fourth-order valence-electron chi connectivity index (χ4n) is 2.92. The molecule has 134 valence electrons. The second kappa shape index (κ2) is 8.07. The Labute approximate surface area is 143 Å². The standard InChI is InChI=1S/C17H25FN2O3S/c1-3-4-11-19(2)17(21)14-9-12-20(13-10-14)24(22,23)16-7-5-15(18)6-8-16/h5-8,14H,3-4,9-13H2,1-2H3. The third kappa shape index (κ3) is 4.33. The highest BCUT2D eigenvalue weighted by Gasteiger charge is 2.33. The summed E-state index contributed by atoms with van der Waals surface area (Å²) in [6.07, 6.45) is 3.05. The Hall–Kier alpha value is -1.47. The molecular weight excluding hydrogens is 331 g/mol. The van der Waals surface area contributed by atoms with Gasteiger partial charge in [0.05, 0.1) is 4.90 Å². The third-order valence-corrected chi connectivity index (χ3v) is 6.39. The van der Waals surface area contributed by atoms with E-state index in [4.69, 9.17) is 0 Å². The summed E-state index contributed by atoms with van der Waals surface area (Å²) >= 11 is 0. The van der Waals surface area contributed by atoms with Crippen molar-refractivity contribution in [1.29, 1.82) is 0 Å². The fourth-order valence-corrected chi connectivity index (χ4v) is 4.39. The van der Waals surface area contributed by atoms with E-state index in [1.54, 1.807) is 11.9 Å². The number of halogens is 1. The smallest absolute Gasteiger partial charge is 0.243 e. The lowest BCUT2D eigenvalue weighted by atomic mass is 9.96. The van der Waals surface area contributed by atoms with Crippen LogP contribution in [0.25, 0.3) is 0 Å². The number of amides is 1. The molecule has 24 heavy (non-hydrogen) atoms. The first-order valence-electron chi connectivity index (χ1n) is 8.37. The Bertz CT molecular complexity index is 653. The van der Waals surface area contributed by atoms with Gasteiger partial charge in [0.15, 0.2) is 0 Å². The second-order valence-electron chi connectivity index (χ2n) is 6.25. The van der Waals surface area contributed by atoms with Crippen LogP contribution in [0, 0.1) is 11.7 Å². The quantitative estimate of drug-likeness (QED) is 0.787. The average molecular weight is 356 g/mol. The number of hydrogen-bond donors (Lipinski definition) is 0. The molecule has 1 heterocycles. The molecule has 1 aromatic rings. The van der Waals surface area contributed by atoms with Crippen LogP contribution >= 0.6 is 0 Å². The summed E-state index contributed by atoms with van der Waals surface area (Å²) in [5.74, 6) is -0.484. The van der Waals surface area contributed by atoms with Gasteiger partial charge < -0.3 is 4.90 Å². The zero-order valence-electron chi connectivity index (χ0n) is 14.2. The molecular formula is C17H25FN2O3S. The zero-order valence-corrected chi connectivity index (χ0v) is 15.1. The van der Waals surface area contributed by atoms with Gasteiger partial charge in [-0.2, -0.15) is 4.31 Å². The third-order valence-electron chi connectivity index (χ3n) is 4.48. The van der Waals surface area contributed by atoms with Crippen molar-refractivity contribution in [2.45, 2.75) is 37.5 Å². The molecule has 1 saturated heterocycles. The Morgan fingerprint density at radius 2 is 1.83 bits per heavy atom. The minimum absolute atomic E-state index is 0.0914. The molecule has 0 saturated carbocycles. The van der Waals surface area contributed by atoms with E-state index >= 15 is 0 Å². The summed E-state index contributed by atoms with van der Waals surface area (Å²) in [6.45, 7) is 3.45. The van der Waals surface area contributed by atoms with Gasteiger partial charge in [0.25, 0.3) is 0 Å². The van der Waals surface area contributed by atoms with Gasteiger partial charge in [-0.05, 0) is 43.5 Å². The van der Waals surface area contributed by atoms with Crippen LogP contribution in [0.15, 0.2) is 29.2 Å². The van der Waals surface area contributed by atoms with Gasteiger partial charge in [0.2, 0.25) is 15.9 Å². The first-order valence-corrected chi connectivity index (χ1v) is 9.81. The molecule has 0 atom stereocenters. The molecule has 0 spiro atoms. The van der Waals surface area contributed by atoms with Crippen molar-refractivity contribution in [1.82, 2.24) is 9.21 Å². The molecule has 0 aliphatic carbocycles. The summed E-state index contributed by atoms with van der Waals surface area (Å²) < 4.78 is 39.5. The number of sulfonamides is 1. The Kier molecular flexibility index (Phi) is 6.34. The highest BCUT2D eigenvalue weighted by atomic mass is 32.2. The molecule has 0 unspecified atom stereocenters. The molecule has 1 aromatic carbocycles. The maximum Gasteiger partial charge on any atom is 0.243 e. The minimum Gasteiger partial charge on any atom is -0.346 e. The molecule has 0 aromatic heterocycles.